The Bertz CT molecular complexity index is 495. The van der Waals surface area contributed by atoms with E-state index >= 15 is 0 Å². The molecule has 0 saturated carbocycles. The van der Waals surface area contributed by atoms with Gasteiger partial charge >= 0.3 is 6.18 Å². The van der Waals surface area contributed by atoms with Crippen LogP contribution in [0.25, 0.3) is 0 Å². The van der Waals surface area contributed by atoms with Crippen molar-refractivity contribution in [3.8, 4) is 0 Å². The minimum atomic E-state index is -4.45. The lowest BCUT2D eigenvalue weighted by molar-refractivity contribution is -0.104. The average Bonchev–Trinajstić information content (AvgIpc) is 2.38. The summed E-state index contributed by atoms with van der Waals surface area (Å²) >= 11 is 0. The van der Waals surface area contributed by atoms with E-state index in [1.807, 2.05) is 0 Å². The van der Waals surface area contributed by atoms with E-state index in [0.717, 1.165) is 13.0 Å². The molecule has 0 spiro atoms. The van der Waals surface area contributed by atoms with Gasteiger partial charge in [-0.25, -0.2) is 0 Å². The number of carbonyl (C=O) groups excluding carboxylic acids is 1. The summed E-state index contributed by atoms with van der Waals surface area (Å²) in [5.74, 6) is 0. The highest BCUT2D eigenvalue weighted by Crippen LogP contribution is 2.36. The van der Waals surface area contributed by atoms with E-state index in [4.69, 9.17) is 4.43 Å². The predicted molar refractivity (Wildman–Crippen MR) is 90.9 cm³/mol. The molecule has 23 heavy (non-hydrogen) atoms. The number of carbonyl (C=O) groups is 1. The Balaban J connectivity index is 5.19. The SMILES string of the molecule is C=C/C(CCO[Si](C)(C)C(C)(C)C)=C(C=O)\C=C(/C)C(F)(F)F. The Hall–Kier alpha value is -1.14. The maximum absolute atomic E-state index is 12.6. The van der Waals surface area contributed by atoms with Crippen LogP contribution in [0.1, 0.15) is 34.1 Å². The summed E-state index contributed by atoms with van der Waals surface area (Å²) < 4.78 is 43.8. The fourth-order valence-electron chi connectivity index (χ4n) is 1.51. The van der Waals surface area contributed by atoms with Crippen molar-refractivity contribution in [2.75, 3.05) is 6.61 Å². The molecule has 0 bridgehead atoms. The molecular weight excluding hydrogens is 321 g/mol. The smallest absolute Gasteiger partial charge is 0.412 e. The molecule has 0 heterocycles. The molecule has 0 aromatic rings. The summed E-state index contributed by atoms with van der Waals surface area (Å²) in [7, 11) is -1.93. The normalized spacial score (nSPS) is 15.3. The average molecular weight is 348 g/mol. The van der Waals surface area contributed by atoms with Crippen molar-refractivity contribution >= 4 is 14.6 Å². The van der Waals surface area contributed by atoms with Crippen LogP contribution in [0.2, 0.25) is 18.1 Å². The standard InChI is InChI=1S/C17H27F3O2Si/c1-8-14(9-10-22-23(6,7)16(3,4)5)15(12-21)11-13(2)17(18,19)20/h8,11-12H,1,9-10H2,2-7H3/b13-11+,15-14-. The molecule has 0 aromatic carbocycles. The molecule has 0 atom stereocenters. The van der Waals surface area contributed by atoms with Gasteiger partial charge in [0, 0.05) is 17.8 Å². The highest BCUT2D eigenvalue weighted by atomic mass is 28.4. The summed E-state index contributed by atoms with van der Waals surface area (Å²) in [6, 6.07) is 0. The molecule has 2 nitrogen and oxygen atoms in total. The van der Waals surface area contributed by atoms with Gasteiger partial charge < -0.3 is 4.43 Å². The van der Waals surface area contributed by atoms with Crippen molar-refractivity contribution in [3.05, 3.63) is 35.5 Å². The van der Waals surface area contributed by atoms with E-state index in [-0.39, 0.29) is 10.6 Å². The van der Waals surface area contributed by atoms with Crippen molar-refractivity contribution in [3.63, 3.8) is 0 Å². The second-order valence-electron chi connectivity index (χ2n) is 6.99. The number of hydrogen-bond acceptors (Lipinski definition) is 2. The van der Waals surface area contributed by atoms with Gasteiger partial charge in [0.2, 0.25) is 0 Å². The Morgan fingerprint density at radius 3 is 2.09 bits per heavy atom. The molecule has 6 heteroatoms. The van der Waals surface area contributed by atoms with Gasteiger partial charge in [-0.2, -0.15) is 13.2 Å². The molecule has 0 N–H and O–H groups in total. The zero-order valence-corrected chi connectivity index (χ0v) is 15.8. The third-order valence-corrected chi connectivity index (χ3v) is 8.74. The predicted octanol–water partition coefficient (Wildman–Crippen LogP) is 5.59. The summed E-state index contributed by atoms with van der Waals surface area (Å²) in [6.45, 7) is 15.4. The maximum atomic E-state index is 12.6. The Morgan fingerprint density at radius 2 is 1.74 bits per heavy atom. The lowest BCUT2D eigenvalue weighted by Crippen LogP contribution is -2.41. The zero-order valence-electron chi connectivity index (χ0n) is 14.8. The molecule has 0 rings (SSSR count). The number of rotatable bonds is 7. The van der Waals surface area contributed by atoms with E-state index in [1.165, 1.54) is 6.08 Å². The molecular formula is C17H27F3O2Si. The molecule has 0 aromatic heterocycles. The molecule has 0 saturated heterocycles. The first kappa shape index (κ1) is 21.9. The van der Waals surface area contributed by atoms with Crippen LogP contribution in [0.3, 0.4) is 0 Å². The topological polar surface area (TPSA) is 26.3 Å². The molecule has 132 valence electrons. The van der Waals surface area contributed by atoms with Gasteiger partial charge in [-0.1, -0.05) is 33.4 Å². The lowest BCUT2D eigenvalue weighted by Gasteiger charge is -2.36. The fourth-order valence-corrected chi connectivity index (χ4v) is 2.56. The van der Waals surface area contributed by atoms with Gasteiger partial charge in [-0.15, -0.1) is 0 Å². The van der Waals surface area contributed by atoms with E-state index in [9.17, 15) is 18.0 Å². The van der Waals surface area contributed by atoms with Crippen LogP contribution in [0.4, 0.5) is 13.2 Å². The van der Waals surface area contributed by atoms with Crippen LogP contribution in [0, 0.1) is 0 Å². The quantitative estimate of drug-likeness (QED) is 0.259. The van der Waals surface area contributed by atoms with Crippen molar-refractivity contribution in [1.29, 1.82) is 0 Å². The number of allylic oxidation sites excluding steroid dienone is 4. The van der Waals surface area contributed by atoms with Crippen LogP contribution < -0.4 is 0 Å². The first-order valence-corrected chi connectivity index (χ1v) is 10.4. The minimum absolute atomic E-state index is 0.00587. The van der Waals surface area contributed by atoms with E-state index in [1.54, 1.807) is 0 Å². The Labute approximate surface area is 138 Å². The molecule has 0 unspecified atom stereocenters. The van der Waals surface area contributed by atoms with Crippen LogP contribution >= 0.6 is 0 Å². The maximum Gasteiger partial charge on any atom is 0.412 e. The van der Waals surface area contributed by atoms with Gasteiger partial charge in [-0.3, -0.25) is 4.79 Å². The van der Waals surface area contributed by atoms with Crippen LogP contribution in [-0.2, 0) is 9.22 Å². The molecule has 0 fully saturated rings. The Morgan fingerprint density at radius 1 is 1.22 bits per heavy atom. The third kappa shape index (κ3) is 6.87. The molecule has 0 aliphatic carbocycles. The second kappa shape index (κ2) is 8.10. The fraction of sp³-hybridized carbons (Fsp3) is 0.588. The minimum Gasteiger partial charge on any atom is -0.416 e. The monoisotopic (exact) mass is 348 g/mol. The number of halogens is 3. The van der Waals surface area contributed by atoms with Crippen LogP contribution in [0.5, 0.6) is 0 Å². The molecule has 0 aliphatic heterocycles. The van der Waals surface area contributed by atoms with E-state index in [2.05, 4.69) is 40.4 Å². The zero-order chi connectivity index (χ0) is 18.5. The van der Waals surface area contributed by atoms with Gasteiger partial charge in [0.05, 0.1) is 0 Å². The first-order valence-electron chi connectivity index (χ1n) is 7.46. The highest BCUT2D eigenvalue weighted by molar-refractivity contribution is 6.74. The van der Waals surface area contributed by atoms with Gasteiger partial charge in [0.15, 0.2) is 8.32 Å². The summed E-state index contributed by atoms with van der Waals surface area (Å²) in [5.41, 5.74) is -0.361. The second-order valence-corrected chi connectivity index (χ2v) is 11.8. The van der Waals surface area contributed by atoms with Crippen molar-refractivity contribution in [1.82, 2.24) is 0 Å². The third-order valence-electron chi connectivity index (χ3n) is 4.20. The largest absolute Gasteiger partial charge is 0.416 e. The van der Waals surface area contributed by atoms with Gasteiger partial charge in [0.1, 0.15) is 6.29 Å². The highest BCUT2D eigenvalue weighted by Gasteiger charge is 2.37. The van der Waals surface area contributed by atoms with Crippen molar-refractivity contribution in [2.45, 2.75) is 58.4 Å². The van der Waals surface area contributed by atoms with Gasteiger partial charge in [-0.05, 0) is 43.1 Å². The number of hydrogen-bond donors (Lipinski definition) is 0. The lowest BCUT2D eigenvalue weighted by atomic mass is 10.0. The van der Waals surface area contributed by atoms with E-state index < -0.39 is 20.1 Å². The van der Waals surface area contributed by atoms with Crippen molar-refractivity contribution < 1.29 is 22.4 Å². The van der Waals surface area contributed by atoms with E-state index in [0.29, 0.717) is 24.9 Å². The van der Waals surface area contributed by atoms with Crippen molar-refractivity contribution in [2.24, 2.45) is 0 Å². The number of aldehydes is 1. The summed E-state index contributed by atoms with van der Waals surface area (Å²) in [6.07, 6.45) is -1.39. The van der Waals surface area contributed by atoms with Crippen LogP contribution in [0.15, 0.2) is 35.5 Å². The molecule has 0 aliphatic rings. The van der Waals surface area contributed by atoms with Gasteiger partial charge in [0.25, 0.3) is 0 Å². The number of alkyl halides is 3. The molecule has 0 amide bonds. The van der Waals surface area contributed by atoms with Crippen LogP contribution in [-0.4, -0.2) is 27.4 Å². The summed E-state index contributed by atoms with van der Waals surface area (Å²) in [4.78, 5) is 11.1. The Kier molecular flexibility index (Phi) is 7.70. The molecule has 0 radical (unpaired) electrons. The first-order chi connectivity index (χ1) is 10.3. The summed E-state index contributed by atoms with van der Waals surface area (Å²) in [5, 5.41) is 0.0469.